The van der Waals surface area contributed by atoms with Gasteiger partial charge in [-0.1, -0.05) is 30.9 Å². The standard InChI is InChI=1S/C25H20N6O2/c1-3-17-7-5-11-28-23(17)25(2,33)10-9-16-6-4-8-19(12-16)31-21-13-18(14-26)29-15-20(21)22(30-31)24(27)32/h4-8,11-13,15,33H,3H2,1-2H3,(H2,27,32). The molecule has 0 fully saturated rings. The average molecular weight is 436 g/mol. The Hall–Kier alpha value is -4.53. The summed E-state index contributed by atoms with van der Waals surface area (Å²) in [6.45, 7) is 3.61. The zero-order chi connectivity index (χ0) is 23.6. The maximum atomic E-state index is 11.9. The van der Waals surface area contributed by atoms with E-state index in [1.165, 1.54) is 10.9 Å². The molecule has 0 radical (unpaired) electrons. The number of aryl methyl sites for hydroxylation is 1. The van der Waals surface area contributed by atoms with Crippen molar-refractivity contribution in [3.05, 3.63) is 83.1 Å². The molecule has 0 bridgehead atoms. The molecule has 1 amide bonds. The van der Waals surface area contributed by atoms with E-state index in [4.69, 9.17) is 5.73 Å². The monoisotopic (exact) mass is 436 g/mol. The van der Waals surface area contributed by atoms with Crippen LogP contribution in [0.1, 0.15) is 46.9 Å². The van der Waals surface area contributed by atoms with Crippen molar-refractivity contribution in [2.45, 2.75) is 25.9 Å². The van der Waals surface area contributed by atoms with E-state index in [9.17, 15) is 15.2 Å². The van der Waals surface area contributed by atoms with Crippen molar-refractivity contribution >= 4 is 16.8 Å². The van der Waals surface area contributed by atoms with Gasteiger partial charge in [0, 0.05) is 24.0 Å². The summed E-state index contributed by atoms with van der Waals surface area (Å²) >= 11 is 0. The van der Waals surface area contributed by atoms with Crippen LogP contribution in [0, 0.1) is 23.2 Å². The lowest BCUT2D eigenvalue weighted by molar-refractivity contribution is 0.0996. The number of aliphatic hydroxyl groups is 1. The number of fused-ring (bicyclic) bond motifs is 1. The van der Waals surface area contributed by atoms with E-state index in [1.54, 1.807) is 43.5 Å². The second-order valence-electron chi connectivity index (χ2n) is 7.56. The van der Waals surface area contributed by atoms with Gasteiger partial charge in [0.15, 0.2) is 11.3 Å². The highest BCUT2D eigenvalue weighted by molar-refractivity contribution is 6.04. The minimum absolute atomic E-state index is 0.0589. The van der Waals surface area contributed by atoms with E-state index >= 15 is 0 Å². The van der Waals surface area contributed by atoms with Gasteiger partial charge in [0.25, 0.3) is 5.91 Å². The predicted molar refractivity (Wildman–Crippen MR) is 122 cm³/mol. The van der Waals surface area contributed by atoms with E-state index in [1.807, 2.05) is 25.1 Å². The molecule has 0 saturated heterocycles. The van der Waals surface area contributed by atoms with Gasteiger partial charge in [-0.25, -0.2) is 9.67 Å². The molecule has 0 saturated carbocycles. The summed E-state index contributed by atoms with van der Waals surface area (Å²) in [6.07, 6.45) is 3.77. The first-order valence-electron chi connectivity index (χ1n) is 10.2. The summed E-state index contributed by atoms with van der Waals surface area (Å²) in [5.74, 6) is 5.22. The largest absolute Gasteiger partial charge is 0.372 e. The van der Waals surface area contributed by atoms with E-state index in [2.05, 4.69) is 26.9 Å². The number of carbonyl (C=O) groups excluding carboxylic acids is 1. The molecule has 3 heterocycles. The van der Waals surface area contributed by atoms with Gasteiger partial charge in [0.1, 0.15) is 11.8 Å². The molecule has 1 aromatic carbocycles. The molecule has 33 heavy (non-hydrogen) atoms. The van der Waals surface area contributed by atoms with Gasteiger partial charge in [-0.2, -0.15) is 10.4 Å². The first-order chi connectivity index (χ1) is 15.8. The van der Waals surface area contributed by atoms with Crippen LogP contribution in [0.3, 0.4) is 0 Å². The molecule has 3 N–H and O–H groups in total. The number of aromatic nitrogens is 4. The topological polar surface area (TPSA) is 131 Å². The molecule has 1 unspecified atom stereocenters. The molecule has 8 heteroatoms. The quantitative estimate of drug-likeness (QED) is 0.473. The van der Waals surface area contributed by atoms with Crippen LogP contribution >= 0.6 is 0 Å². The summed E-state index contributed by atoms with van der Waals surface area (Å²) in [5, 5.41) is 25.0. The number of amides is 1. The van der Waals surface area contributed by atoms with Crippen molar-refractivity contribution in [2.75, 3.05) is 0 Å². The third kappa shape index (κ3) is 4.16. The van der Waals surface area contributed by atoms with Crippen molar-refractivity contribution in [1.29, 1.82) is 5.26 Å². The van der Waals surface area contributed by atoms with Crippen molar-refractivity contribution in [2.24, 2.45) is 5.73 Å². The fraction of sp³-hybridized carbons (Fsp3) is 0.160. The highest BCUT2D eigenvalue weighted by Crippen LogP contribution is 2.24. The minimum Gasteiger partial charge on any atom is -0.372 e. The number of primary amides is 1. The SMILES string of the molecule is CCc1cccnc1C(C)(O)C#Cc1cccc(-n2nc(C(N)=O)c3cnc(C#N)cc32)c1. The molecule has 1 atom stereocenters. The Labute approximate surface area is 190 Å². The van der Waals surface area contributed by atoms with Gasteiger partial charge >= 0.3 is 0 Å². The Kier molecular flexibility index (Phi) is 5.61. The van der Waals surface area contributed by atoms with Crippen molar-refractivity contribution < 1.29 is 9.90 Å². The Bertz CT molecular complexity index is 1480. The zero-order valence-corrected chi connectivity index (χ0v) is 18.1. The molecule has 0 aliphatic rings. The second kappa shape index (κ2) is 8.54. The molecular formula is C25H20N6O2. The third-order valence-electron chi connectivity index (χ3n) is 5.19. The number of rotatable bonds is 4. The Morgan fingerprint density at radius 3 is 2.79 bits per heavy atom. The summed E-state index contributed by atoms with van der Waals surface area (Å²) < 4.78 is 1.52. The summed E-state index contributed by atoms with van der Waals surface area (Å²) in [4.78, 5) is 20.2. The molecule has 0 spiro atoms. The molecule has 0 aliphatic heterocycles. The van der Waals surface area contributed by atoms with Gasteiger partial charge in [-0.15, -0.1) is 0 Å². The normalized spacial score (nSPS) is 12.4. The summed E-state index contributed by atoms with van der Waals surface area (Å²) in [7, 11) is 0. The van der Waals surface area contributed by atoms with Crippen LogP contribution in [0.5, 0.6) is 0 Å². The summed E-state index contributed by atoms with van der Waals surface area (Å²) in [6, 6.07) is 14.4. The predicted octanol–water partition coefficient (Wildman–Crippen LogP) is 2.61. The molecule has 3 aromatic heterocycles. The van der Waals surface area contributed by atoms with Crippen molar-refractivity contribution in [3.63, 3.8) is 0 Å². The van der Waals surface area contributed by atoms with Gasteiger partial charge < -0.3 is 10.8 Å². The van der Waals surface area contributed by atoms with Gasteiger partial charge in [-0.3, -0.25) is 9.78 Å². The second-order valence-corrected chi connectivity index (χ2v) is 7.56. The van der Waals surface area contributed by atoms with Crippen molar-refractivity contribution in [1.82, 2.24) is 19.7 Å². The minimum atomic E-state index is -1.44. The van der Waals surface area contributed by atoms with Crippen LogP contribution < -0.4 is 5.73 Å². The highest BCUT2D eigenvalue weighted by atomic mass is 16.3. The molecule has 4 rings (SSSR count). The van der Waals surface area contributed by atoms with Crippen LogP contribution in [0.25, 0.3) is 16.6 Å². The lowest BCUT2D eigenvalue weighted by Gasteiger charge is -2.18. The Morgan fingerprint density at radius 2 is 2.06 bits per heavy atom. The smallest absolute Gasteiger partial charge is 0.269 e. The van der Waals surface area contributed by atoms with Gasteiger partial charge in [0.05, 0.1) is 22.3 Å². The Balaban J connectivity index is 1.78. The van der Waals surface area contributed by atoms with Crippen LogP contribution in [-0.4, -0.2) is 30.8 Å². The van der Waals surface area contributed by atoms with Gasteiger partial charge in [-0.05, 0) is 43.2 Å². The molecule has 162 valence electrons. The molecule has 4 aromatic rings. The molecule has 0 aliphatic carbocycles. The summed E-state index contributed by atoms with van der Waals surface area (Å²) in [5.41, 5.74) is 7.50. The number of hydrogen-bond donors (Lipinski definition) is 2. The van der Waals surface area contributed by atoms with E-state index in [-0.39, 0.29) is 11.4 Å². The van der Waals surface area contributed by atoms with Crippen LogP contribution in [-0.2, 0) is 12.0 Å². The first kappa shape index (κ1) is 21.7. The van der Waals surface area contributed by atoms with E-state index < -0.39 is 11.5 Å². The highest BCUT2D eigenvalue weighted by Gasteiger charge is 2.24. The number of pyridine rings is 2. The van der Waals surface area contributed by atoms with Crippen molar-refractivity contribution in [3.8, 4) is 23.6 Å². The fourth-order valence-corrected chi connectivity index (χ4v) is 3.58. The van der Waals surface area contributed by atoms with E-state index in [0.29, 0.717) is 27.8 Å². The average Bonchev–Trinajstić information content (AvgIpc) is 3.22. The number of nitriles is 1. The zero-order valence-electron chi connectivity index (χ0n) is 18.1. The van der Waals surface area contributed by atoms with Crippen LogP contribution in [0.15, 0.2) is 54.9 Å². The number of hydrogen-bond acceptors (Lipinski definition) is 6. The van der Waals surface area contributed by atoms with Gasteiger partial charge in [0.2, 0.25) is 0 Å². The third-order valence-corrected chi connectivity index (χ3v) is 5.19. The molecular weight excluding hydrogens is 416 g/mol. The lowest BCUT2D eigenvalue weighted by atomic mass is 9.96. The maximum Gasteiger partial charge on any atom is 0.269 e. The number of benzene rings is 1. The van der Waals surface area contributed by atoms with Crippen LogP contribution in [0.2, 0.25) is 0 Å². The lowest BCUT2D eigenvalue weighted by Crippen LogP contribution is -2.22. The Morgan fingerprint density at radius 1 is 1.24 bits per heavy atom. The number of carbonyl (C=O) groups is 1. The van der Waals surface area contributed by atoms with E-state index in [0.717, 1.165) is 12.0 Å². The number of nitrogens with two attached hydrogens (primary N) is 1. The van der Waals surface area contributed by atoms with Crippen LogP contribution in [0.4, 0.5) is 0 Å². The first-order valence-corrected chi connectivity index (χ1v) is 10.2. The molecule has 8 nitrogen and oxygen atoms in total. The maximum absolute atomic E-state index is 11.9. The number of nitrogens with zero attached hydrogens (tertiary/aromatic N) is 5. The fourth-order valence-electron chi connectivity index (χ4n) is 3.58.